The van der Waals surface area contributed by atoms with Crippen molar-refractivity contribution in [2.75, 3.05) is 5.32 Å². The Morgan fingerprint density at radius 1 is 1.30 bits per heavy atom. The van der Waals surface area contributed by atoms with Crippen LogP contribution in [-0.4, -0.2) is 28.1 Å². The molecule has 0 saturated heterocycles. The third-order valence-electron chi connectivity index (χ3n) is 3.61. The molecule has 3 N–H and O–H groups in total. The Hall–Kier alpha value is -2.11. The standard InChI is InChI=1S/C14H19N3O3/c1-9-4-6-10(7-5-9)16-14(20)17-11-3-2-8-15-12(11)13(18)19/h2-3,8-10H,4-7H2,1H3,(H,18,19)(H2,16,17,20). The third-order valence-corrected chi connectivity index (χ3v) is 3.61. The van der Waals surface area contributed by atoms with Gasteiger partial charge < -0.3 is 15.7 Å². The van der Waals surface area contributed by atoms with E-state index >= 15 is 0 Å². The van der Waals surface area contributed by atoms with E-state index in [0.29, 0.717) is 5.92 Å². The van der Waals surface area contributed by atoms with E-state index in [2.05, 4.69) is 22.5 Å². The molecular weight excluding hydrogens is 258 g/mol. The Kier molecular flexibility index (Phi) is 4.55. The van der Waals surface area contributed by atoms with E-state index in [0.717, 1.165) is 25.7 Å². The van der Waals surface area contributed by atoms with Crippen molar-refractivity contribution in [2.45, 2.75) is 38.6 Å². The van der Waals surface area contributed by atoms with Gasteiger partial charge in [0.25, 0.3) is 0 Å². The van der Waals surface area contributed by atoms with Crippen molar-refractivity contribution in [2.24, 2.45) is 5.92 Å². The van der Waals surface area contributed by atoms with Crippen LogP contribution in [0.1, 0.15) is 43.1 Å². The molecule has 1 aromatic rings. The maximum atomic E-state index is 11.9. The fraction of sp³-hybridized carbons (Fsp3) is 0.500. The van der Waals surface area contributed by atoms with Gasteiger partial charge in [-0.2, -0.15) is 0 Å². The van der Waals surface area contributed by atoms with Crippen LogP contribution < -0.4 is 10.6 Å². The number of pyridine rings is 1. The first-order valence-electron chi connectivity index (χ1n) is 6.82. The van der Waals surface area contributed by atoms with E-state index in [1.807, 2.05) is 0 Å². The highest BCUT2D eigenvalue weighted by Gasteiger charge is 2.20. The number of carboxylic acids is 1. The summed E-state index contributed by atoms with van der Waals surface area (Å²) in [5.41, 5.74) is 0.0570. The van der Waals surface area contributed by atoms with Gasteiger partial charge in [-0.15, -0.1) is 0 Å². The summed E-state index contributed by atoms with van der Waals surface area (Å²) in [6.07, 6.45) is 5.53. The number of hydrogen-bond acceptors (Lipinski definition) is 3. The molecule has 1 aliphatic rings. The lowest BCUT2D eigenvalue weighted by Gasteiger charge is -2.26. The molecule has 0 aromatic carbocycles. The number of nitrogens with one attached hydrogen (secondary N) is 2. The molecule has 1 heterocycles. The molecule has 0 bridgehead atoms. The summed E-state index contributed by atoms with van der Waals surface area (Å²) in [5.74, 6) is -0.444. The largest absolute Gasteiger partial charge is 0.476 e. The minimum absolute atomic E-state index is 0.153. The van der Waals surface area contributed by atoms with Gasteiger partial charge in [-0.3, -0.25) is 0 Å². The number of anilines is 1. The summed E-state index contributed by atoms with van der Waals surface area (Å²) in [7, 11) is 0. The molecule has 6 nitrogen and oxygen atoms in total. The van der Waals surface area contributed by atoms with E-state index < -0.39 is 5.97 Å². The van der Waals surface area contributed by atoms with Crippen molar-refractivity contribution < 1.29 is 14.7 Å². The topological polar surface area (TPSA) is 91.3 Å². The van der Waals surface area contributed by atoms with Crippen LogP contribution in [0.4, 0.5) is 10.5 Å². The summed E-state index contributed by atoms with van der Waals surface area (Å²) >= 11 is 0. The summed E-state index contributed by atoms with van der Waals surface area (Å²) in [4.78, 5) is 26.6. The van der Waals surface area contributed by atoms with E-state index in [-0.39, 0.29) is 23.5 Å². The molecule has 1 aliphatic carbocycles. The maximum absolute atomic E-state index is 11.9. The van der Waals surface area contributed by atoms with Gasteiger partial charge >= 0.3 is 12.0 Å². The number of aromatic carboxylic acids is 1. The molecule has 0 radical (unpaired) electrons. The van der Waals surface area contributed by atoms with Crippen LogP contribution in [-0.2, 0) is 0 Å². The van der Waals surface area contributed by atoms with E-state index in [4.69, 9.17) is 5.11 Å². The molecule has 108 valence electrons. The van der Waals surface area contributed by atoms with Crippen molar-refractivity contribution in [3.63, 3.8) is 0 Å². The minimum atomic E-state index is -1.16. The number of hydrogen-bond donors (Lipinski definition) is 3. The van der Waals surface area contributed by atoms with Crippen molar-refractivity contribution >= 4 is 17.7 Å². The van der Waals surface area contributed by atoms with Crippen LogP contribution >= 0.6 is 0 Å². The molecular formula is C14H19N3O3. The first-order chi connectivity index (χ1) is 9.56. The normalized spacial score (nSPS) is 22.1. The number of carbonyl (C=O) groups is 2. The van der Waals surface area contributed by atoms with Crippen LogP contribution in [0, 0.1) is 5.92 Å². The van der Waals surface area contributed by atoms with Gasteiger partial charge in [0, 0.05) is 12.2 Å². The molecule has 2 rings (SSSR count). The smallest absolute Gasteiger partial charge is 0.356 e. The Morgan fingerprint density at radius 2 is 2.00 bits per heavy atom. The SMILES string of the molecule is CC1CCC(NC(=O)Nc2cccnc2C(=O)O)CC1. The Balaban J connectivity index is 1.93. The Morgan fingerprint density at radius 3 is 2.65 bits per heavy atom. The molecule has 20 heavy (non-hydrogen) atoms. The minimum Gasteiger partial charge on any atom is -0.476 e. The van der Waals surface area contributed by atoms with Crippen molar-refractivity contribution in [1.82, 2.24) is 10.3 Å². The van der Waals surface area contributed by atoms with Gasteiger partial charge in [0.05, 0.1) is 5.69 Å². The van der Waals surface area contributed by atoms with E-state index in [9.17, 15) is 9.59 Å². The van der Waals surface area contributed by atoms with Gasteiger partial charge in [0.2, 0.25) is 0 Å². The van der Waals surface area contributed by atoms with Gasteiger partial charge in [0.15, 0.2) is 5.69 Å². The van der Waals surface area contributed by atoms with Crippen molar-refractivity contribution in [3.05, 3.63) is 24.0 Å². The highest BCUT2D eigenvalue weighted by molar-refractivity contribution is 5.98. The van der Waals surface area contributed by atoms with Crippen molar-refractivity contribution in [3.8, 4) is 0 Å². The third kappa shape index (κ3) is 3.69. The van der Waals surface area contributed by atoms with Crippen LogP contribution in [0.25, 0.3) is 0 Å². The first kappa shape index (κ1) is 14.3. The fourth-order valence-corrected chi connectivity index (χ4v) is 2.42. The van der Waals surface area contributed by atoms with Crippen LogP contribution in [0.15, 0.2) is 18.3 Å². The zero-order valence-electron chi connectivity index (χ0n) is 11.4. The number of carbonyl (C=O) groups excluding carboxylic acids is 1. The fourth-order valence-electron chi connectivity index (χ4n) is 2.42. The lowest BCUT2D eigenvalue weighted by atomic mass is 9.87. The molecule has 0 aliphatic heterocycles. The number of urea groups is 1. The van der Waals surface area contributed by atoms with Gasteiger partial charge in [-0.1, -0.05) is 6.92 Å². The summed E-state index contributed by atoms with van der Waals surface area (Å²) in [5, 5.41) is 14.4. The molecule has 6 heteroatoms. The van der Waals surface area contributed by atoms with Crippen LogP contribution in [0.2, 0.25) is 0 Å². The zero-order chi connectivity index (χ0) is 14.5. The second kappa shape index (κ2) is 6.36. The summed E-state index contributed by atoms with van der Waals surface area (Å²) in [6, 6.07) is 2.90. The van der Waals surface area contributed by atoms with Gasteiger partial charge in [0.1, 0.15) is 0 Å². The summed E-state index contributed by atoms with van der Waals surface area (Å²) < 4.78 is 0. The molecule has 1 fully saturated rings. The molecule has 2 amide bonds. The highest BCUT2D eigenvalue weighted by atomic mass is 16.4. The number of nitrogens with zero attached hydrogens (tertiary/aromatic N) is 1. The average Bonchev–Trinajstić information content (AvgIpc) is 2.41. The van der Waals surface area contributed by atoms with Crippen LogP contribution in [0.5, 0.6) is 0 Å². The number of carboxylic acid groups (broad SMARTS) is 1. The molecule has 0 atom stereocenters. The van der Waals surface area contributed by atoms with Crippen LogP contribution in [0.3, 0.4) is 0 Å². The molecule has 1 aromatic heterocycles. The highest BCUT2D eigenvalue weighted by Crippen LogP contribution is 2.23. The lowest BCUT2D eigenvalue weighted by molar-refractivity contribution is 0.0692. The second-order valence-electron chi connectivity index (χ2n) is 5.26. The first-order valence-corrected chi connectivity index (χ1v) is 6.82. The van der Waals surface area contributed by atoms with Gasteiger partial charge in [-0.25, -0.2) is 14.6 Å². The summed E-state index contributed by atoms with van der Waals surface area (Å²) in [6.45, 7) is 2.21. The quantitative estimate of drug-likeness (QED) is 0.791. The molecule has 0 unspecified atom stereocenters. The maximum Gasteiger partial charge on any atom is 0.356 e. The number of aromatic nitrogens is 1. The van der Waals surface area contributed by atoms with E-state index in [1.165, 1.54) is 12.3 Å². The number of rotatable bonds is 3. The predicted molar refractivity (Wildman–Crippen MR) is 74.8 cm³/mol. The second-order valence-corrected chi connectivity index (χ2v) is 5.26. The van der Waals surface area contributed by atoms with Gasteiger partial charge in [-0.05, 0) is 43.7 Å². The lowest BCUT2D eigenvalue weighted by Crippen LogP contribution is -2.40. The van der Waals surface area contributed by atoms with E-state index in [1.54, 1.807) is 6.07 Å². The monoisotopic (exact) mass is 277 g/mol. The Labute approximate surface area is 117 Å². The predicted octanol–water partition coefficient (Wildman–Crippen LogP) is 2.48. The zero-order valence-corrected chi connectivity index (χ0v) is 11.4. The number of amides is 2. The molecule has 0 spiro atoms. The van der Waals surface area contributed by atoms with Crippen molar-refractivity contribution in [1.29, 1.82) is 0 Å². The molecule has 1 saturated carbocycles. The Bertz CT molecular complexity index is 496. The average molecular weight is 277 g/mol.